The van der Waals surface area contributed by atoms with E-state index in [9.17, 15) is 15.0 Å². The highest BCUT2D eigenvalue weighted by Gasteiger charge is 2.59. The van der Waals surface area contributed by atoms with Gasteiger partial charge in [-0.3, -0.25) is 4.79 Å². The lowest BCUT2D eigenvalue weighted by atomic mass is 9.55. The van der Waals surface area contributed by atoms with Crippen LogP contribution in [0.4, 0.5) is 0 Å². The molecule has 6 unspecified atom stereocenters. The minimum Gasteiger partial charge on any atom is -0.461 e. The Bertz CT molecular complexity index is 907. The molecule has 1 aromatic rings. The Hall–Kier alpha value is -1.40. The number of hydrogen-bond donors (Lipinski definition) is 2. The molecule has 0 amide bonds. The van der Waals surface area contributed by atoms with Gasteiger partial charge in [-0.1, -0.05) is 49.2 Å². The monoisotopic (exact) mass is 459 g/mol. The summed E-state index contributed by atoms with van der Waals surface area (Å²) in [5, 5.41) is 23.4. The molecule has 0 bridgehead atoms. The maximum absolute atomic E-state index is 12.9. The third-order valence-electron chi connectivity index (χ3n) is 9.09. The molecule has 6 heteroatoms. The number of halogens is 1. The van der Waals surface area contributed by atoms with E-state index < -0.39 is 11.7 Å². The summed E-state index contributed by atoms with van der Waals surface area (Å²) in [7, 11) is 0. The van der Waals surface area contributed by atoms with Gasteiger partial charge >= 0.3 is 5.97 Å². The van der Waals surface area contributed by atoms with Gasteiger partial charge in [0.05, 0.1) is 17.6 Å². The molecule has 0 spiro atoms. The van der Waals surface area contributed by atoms with E-state index in [1.165, 1.54) is 5.57 Å². The van der Waals surface area contributed by atoms with Crippen LogP contribution < -0.4 is 0 Å². The molecular weight excluding hydrogens is 426 g/mol. The van der Waals surface area contributed by atoms with E-state index >= 15 is 0 Å². The zero-order valence-electron chi connectivity index (χ0n) is 19.0. The van der Waals surface area contributed by atoms with Crippen LogP contribution in [0.15, 0.2) is 35.9 Å². The number of carbonyl (C=O) groups excluding carboxylic acids is 1. The quantitative estimate of drug-likeness (QED) is 0.529. The summed E-state index contributed by atoms with van der Waals surface area (Å²) in [6.07, 6.45) is 5.55. The number of nitrogens with zero attached hydrogens (tertiary/aromatic N) is 1. The standard InChI is InChI=1S/C26H34ClNO4/c1-16-4-3-5-18-14-21-22(23(29)25(16,18)2)20(24(30)32-21)15-28-12-10-26(31,11-13-28)17-6-8-19(27)9-7-17/h5-9,16,20-23,29,31H,3-4,10-15H2,1-2H3. The smallest absolute Gasteiger partial charge is 0.311 e. The van der Waals surface area contributed by atoms with Crippen molar-refractivity contribution in [2.24, 2.45) is 23.2 Å². The molecule has 32 heavy (non-hydrogen) atoms. The first kappa shape index (κ1) is 22.4. The molecule has 2 heterocycles. The maximum atomic E-state index is 12.9. The molecule has 2 N–H and O–H groups in total. The average molecular weight is 460 g/mol. The first-order valence-corrected chi connectivity index (χ1v) is 12.4. The van der Waals surface area contributed by atoms with Crippen LogP contribution in [0.3, 0.4) is 0 Å². The molecule has 2 aliphatic carbocycles. The molecular formula is C26H34ClNO4. The van der Waals surface area contributed by atoms with Gasteiger partial charge in [0.15, 0.2) is 0 Å². The van der Waals surface area contributed by atoms with Gasteiger partial charge in [-0.25, -0.2) is 0 Å². The van der Waals surface area contributed by atoms with E-state index in [0.29, 0.717) is 43.4 Å². The second-order valence-electron chi connectivity index (χ2n) is 10.6. The summed E-state index contributed by atoms with van der Waals surface area (Å²) in [5.74, 6) is -0.265. The van der Waals surface area contributed by atoms with Crippen LogP contribution in [0, 0.1) is 23.2 Å². The Morgan fingerprint density at radius 3 is 2.59 bits per heavy atom. The van der Waals surface area contributed by atoms with Crippen LogP contribution >= 0.6 is 11.6 Å². The lowest BCUT2D eigenvalue weighted by molar-refractivity contribution is -0.145. The molecule has 0 radical (unpaired) electrons. The first-order chi connectivity index (χ1) is 15.2. The highest BCUT2D eigenvalue weighted by molar-refractivity contribution is 6.30. The Balaban J connectivity index is 1.29. The number of aliphatic hydroxyl groups is 2. The number of likely N-dealkylation sites (tertiary alicyclic amines) is 1. The predicted octanol–water partition coefficient (Wildman–Crippen LogP) is 3.91. The van der Waals surface area contributed by atoms with Gasteiger partial charge in [-0.15, -0.1) is 0 Å². The van der Waals surface area contributed by atoms with Crippen molar-refractivity contribution in [2.45, 2.75) is 63.8 Å². The maximum Gasteiger partial charge on any atom is 0.311 e. The number of carbonyl (C=O) groups is 1. The zero-order chi connectivity index (χ0) is 22.7. The zero-order valence-corrected chi connectivity index (χ0v) is 19.7. The van der Waals surface area contributed by atoms with Gasteiger partial charge in [-0.2, -0.15) is 0 Å². The van der Waals surface area contributed by atoms with Crippen LogP contribution in [-0.2, 0) is 15.1 Å². The fourth-order valence-electron chi connectivity index (χ4n) is 6.71. The summed E-state index contributed by atoms with van der Waals surface area (Å²) in [5.41, 5.74) is 1.02. The molecule has 6 atom stereocenters. The van der Waals surface area contributed by atoms with Gasteiger partial charge < -0.3 is 19.8 Å². The van der Waals surface area contributed by atoms with Crippen LogP contribution in [-0.4, -0.2) is 52.9 Å². The molecule has 2 saturated heterocycles. The summed E-state index contributed by atoms with van der Waals surface area (Å²) in [4.78, 5) is 15.1. The molecule has 2 aliphatic heterocycles. The van der Waals surface area contributed by atoms with E-state index in [0.717, 1.165) is 24.8 Å². The molecule has 0 aromatic heterocycles. The van der Waals surface area contributed by atoms with Gasteiger partial charge in [0.1, 0.15) is 6.10 Å². The highest BCUT2D eigenvalue weighted by atomic mass is 35.5. The summed E-state index contributed by atoms with van der Waals surface area (Å²) >= 11 is 6.00. The highest BCUT2D eigenvalue weighted by Crippen LogP contribution is 2.56. The normalized spacial score (nSPS) is 39.1. The number of piperidine rings is 1. The second-order valence-corrected chi connectivity index (χ2v) is 11.1. The lowest BCUT2D eigenvalue weighted by Crippen LogP contribution is -2.55. The van der Waals surface area contributed by atoms with Crippen LogP contribution in [0.5, 0.6) is 0 Å². The third-order valence-corrected chi connectivity index (χ3v) is 9.34. The molecule has 5 nitrogen and oxygen atoms in total. The van der Waals surface area contributed by atoms with Crippen molar-refractivity contribution in [3.05, 3.63) is 46.5 Å². The number of benzene rings is 1. The van der Waals surface area contributed by atoms with Gasteiger partial charge in [0, 0.05) is 42.4 Å². The number of aliphatic hydroxyl groups excluding tert-OH is 1. The fourth-order valence-corrected chi connectivity index (χ4v) is 6.83. The lowest BCUT2D eigenvalue weighted by Gasteiger charge is -2.52. The molecule has 3 fully saturated rings. The van der Waals surface area contributed by atoms with Crippen molar-refractivity contribution in [3.63, 3.8) is 0 Å². The van der Waals surface area contributed by atoms with E-state index in [1.807, 2.05) is 24.3 Å². The first-order valence-electron chi connectivity index (χ1n) is 12.0. The number of ether oxygens (including phenoxy) is 1. The molecule has 1 aromatic carbocycles. The van der Waals surface area contributed by atoms with E-state index in [2.05, 4.69) is 24.8 Å². The topological polar surface area (TPSA) is 70.0 Å². The number of fused-ring (bicyclic) bond motifs is 2. The number of allylic oxidation sites excluding steroid dienone is 1. The van der Waals surface area contributed by atoms with Crippen molar-refractivity contribution in [2.75, 3.05) is 19.6 Å². The van der Waals surface area contributed by atoms with Gasteiger partial charge in [-0.05, 0) is 49.3 Å². The number of esters is 1. The second kappa shape index (κ2) is 8.12. The fraction of sp³-hybridized carbons (Fsp3) is 0.654. The van der Waals surface area contributed by atoms with Gasteiger partial charge in [0.25, 0.3) is 0 Å². The predicted molar refractivity (Wildman–Crippen MR) is 123 cm³/mol. The largest absolute Gasteiger partial charge is 0.461 e. The van der Waals surface area contributed by atoms with Crippen LogP contribution in [0.1, 0.15) is 51.5 Å². The minimum absolute atomic E-state index is 0.165. The van der Waals surface area contributed by atoms with Crippen molar-refractivity contribution in [1.82, 2.24) is 4.90 Å². The SMILES string of the molecule is CC1CCC=C2CC3OC(=O)C(CN4CCC(O)(c5ccc(Cl)cc5)CC4)C3C(O)C21C. The van der Waals surface area contributed by atoms with E-state index in [-0.39, 0.29) is 29.3 Å². The van der Waals surface area contributed by atoms with Crippen molar-refractivity contribution < 1.29 is 19.7 Å². The Kier molecular flexibility index (Phi) is 5.68. The summed E-state index contributed by atoms with van der Waals surface area (Å²) < 4.78 is 5.81. The number of hydrogen-bond acceptors (Lipinski definition) is 5. The number of rotatable bonds is 3. The van der Waals surface area contributed by atoms with Crippen molar-refractivity contribution in [1.29, 1.82) is 0 Å². The third kappa shape index (κ3) is 3.53. The Morgan fingerprint density at radius 2 is 1.91 bits per heavy atom. The van der Waals surface area contributed by atoms with Gasteiger partial charge in [0.2, 0.25) is 0 Å². The molecule has 174 valence electrons. The van der Waals surface area contributed by atoms with Crippen LogP contribution in [0.2, 0.25) is 5.02 Å². The van der Waals surface area contributed by atoms with Crippen LogP contribution in [0.25, 0.3) is 0 Å². The molecule has 4 aliphatic rings. The minimum atomic E-state index is -0.866. The Morgan fingerprint density at radius 1 is 1.22 bits per heavy atom. The van der Waals surface area contributed by atoms with Crippen molar-refractivity contribution >= 4 is 17.6 Å². The van der Waals surface area contributed by atoms with E-state index in [4.69, 9.17) is 16.3 Å². The van der Waals surface area contributed by atoms with Crippen molar-refractivity contribution in [3.8, 4) is 0 Å². The average Bonchev–Trinajstić information content (AvgIpc) is 3.07. The Labute approximate surface area is 195 Å². The summed E-state index contributed by atoms with van der Waals surface area (Å²) in [6, 6.07) is 7.42. The molecule has 5 rings (SSSR count). The van der Waals surface area contributed by atoms with E-state index in [1.54, 1.807) is 0 Å². The summed E-state index contributed by atoms with van der Waals surface area (Å²) in [6.45, 7) is 6.39. The molecule has 1 saturated carbocycles.